The fourth-order valence-electron chi connectivity index (χ4n) is 3.18. The third kappa shape index (κ3) is 3.07. The highest BCUT2D eigenvalue weighted by molar-refractivity contribution is 5.75. The molecule has 1 saturated carbocycles. The lowest BCUT2D eigenvalue weighted by Gasteiger charge is -2.37. The van der Waals surface area contributed by atoms with Crippen molar-refractivity contribution in [3.63, 3.8) is 0 Å². The Bertz CT molecular complexity index is 492. The molecular weight excluding hydrogens is 272 g/mol. The van der Waals surface area contributed by atoms with Gasteiger partial charge >= 0.3 is 5.97 Å². The molecule has 1 aromatic rings. The van der Waals surface area contributed by atoms with E-state index in [0.29, 0.717) is 25.5 Å². The summed E-state index contributed by atoms with van der Waals surface area (Å²) < 4.78 is 7.39. The molecule has 1 saturated heterocycles. The van der Waals surface area contributed by atoms with Crippen LogP contribution in [0.15, 0.2) is 0 Å². The van der Waals surface area contributed by atoms with Crippen LogP contribution in [0.5, 0.6) is 0 Å². The summed E-state index contributed by atoms with van der Waals surface area (Å²) in [6.45, 7) is 1.23. The Morgan fingerprint density at radius 3 is 2.86 bits per heavy atom. The second kappa shape index (κ2) is 6.09. The highest BCUT2D eigenvalue weighted by atomic mass is 16.5. The van der Waals surface area contributed by atoms with Gasteiger partial charge in [0.05, 0.1) is 18.1 Å². The van der Waals surface area contributed by atoms with Crippen molar-refractivity contribution in [3.8, 4) is 0 Å². The van der Waals surface area contributed by atoms with E-state index in [-0.39, 0.29) is 0 Å². The van der Waals surface area contributed by atoms with Gasteiger partial charge in [-0.25, -0.2) is 4.68 Å². The van der Waals surface area contributed by atoms with Crippen LogP contribution in [0.25, 0.3) is 0 Å². The van der Waals surface area contributed by atoms with Gasteiger partial charge in [0.2, 0.25) is 0 Å². The van der Waals surface area contributed by atoms with Crippen LogP contribution in [0.1, 0.15) is 50.8 Å². The van der Waals surface area contributed by atoms with E-state index in [1.54, 1.807) is 4.68 Å². The Labute approximate surface area is 123 Å². The number of rotatable bonds is 6. The Morgan fingerprint density at radius 1 is 1.38 bits per heavy atom. The van der Waals surface area contributed by atoms with Crippen molar-refractivity contribution >= 4 is 5.97 Å². The molecule has 0 aromatic carbocycles. The van der Waals surface area contributed by atoms with Crippen LogP contribution < -0.4 is 0 Å². The molecule has 7 nitrogen and oxygen atoms in total. The van der Waals surface area contributed by atoms with Crippen LogP contribution >= 0.6 is 0 Å². The molecule has 0 amide bonds. The molecule has 1 aliphatic carbocycles. The van der Waals surface area contributed by atoms with E-state index in [4.69, 9.17) is 4.74 Å². The number of hydrogen-bond acceptors (Lipinski definition) is 5. The summed E-state index contributed by atoms with van der Waals surface area (Å²) in [6.07, 6.45) is 7.81. The first-order chi connectivity index (χ1) is 10.2. The Kier molecular flexibility index (Phi) is 4.19. The van der Waals surface area contributed by atoms with Crippen molar-refractivity contribution in [2.75, 3.05) is 6.61 Å². The van der Waals surface area contributed by atoms with Crippen LogP contribution in [0.2, 0.25) is 0 Å². The standard InChI is InChI=1S/C14H22N4O3/c19-13(20)14(7-3-8-14)10-18-12(15-16-17-18)6-5-11-4-1-2-9-21-11/h11H,1-10H2,(H,19,20). The molecule has 2 aliphatic rings. The molecule has 1 aliphatic heterocycles. The van der Waals surface area contributed by atoms with Crippen molar-refractivity contribution in [1.29, 1.82) is 0 Å². The minimum Gasteiger partial charge on any atom is -0.481 e. The van der Waals surface area contributed by atoms with E-state index in [9.17, 15) is 9.90 Å². The van der Waals surface area contributed by atoms with Gasteiger partial charge in [-0.15, -0.1) is 5.10 Å². The van der Waals surface area contributed by atoms with Crippen molar-refractivity contribution in [1.82, 2.24) is 20.2 Å². The molecule has 3 rings (SSSR count). The molecule has 7 heteroatoms. The summed E-state index contributed by atoms with van der Waals surface area (Å²) in [5.74, 6) is 0.0440. The molecule has 1 unspecified atom stereocenters. The van der Waals surface area contributed by atoms with Gasteiger partial charge in [-0.05, 0) is 49.0 Å². The van der Waals surface area contributed by atoms with Crippen LogP contribution in [-0.4, -0.2) is 44.0 Å². The van der Waals surface area contributed by atoms with Crippen molar-refractivity contribution in [3.05, 3.63) is 5.82 Å². The van der Waals surface area contributed by atoms with Crippen LogP contribution in [0.3, 0.4) is 0 Å². The molecule has 1 N–H and O–H groups in total. The number of aliphatic carboxylic acids is 1. The number of ether oxygens (including phenoxy) is 1. The highest BCUT2D eigenvalue weighted by Gasteiger charge is 2.45. The summed E-state index contributed by atoms with van der Waals surface area (Å²) in [5.41, 5.74) is -0.661. The number of carbonyl (C=O) groups is 1. The Hall–Kier alpha value is -1.50. The predicted molar refractivity (Wildman–Crippen MR) is 73.6 cm³/mol. The van der Waals surface area contributed by atoms with Crippen molar-refractivity contribution in [2.45, 2.75) is 64.0 Å². The van der Waals surface area contributed by atoms with Gasteiger partial charge in [0, 0.05) is 13.0 Å². The molecular formula is C14H22N4O3. The van der Waals surface area contributed by atoms with Crippen LogP contribution in [0.4, 0.5) is 0 Å². The summed E-state index contributed by atoms with van der Waals surface area (Å²) in [5, 5.41) is 21.2. The highest BCUT2D eigenvalue weighted by Crippen LogP contribution is 2.42. The summed E-state index contributed by atoms with van der Waals surface area (Å²) in [6, 6.07) is 0. The van der Waals surface area contributed by atoms with E-state index in [2.05, 4.69) is 15.5 Å². The minimum atomic E-state index is -0.731. The minimum absolute atomic E-state index is 0.293. The zero-order valence-corrected chi connectivity index (χ0v) is 12.2. The number of aryl methyl sites for hydroxylation is 1. The lowest BCUT2D eigenvalue weighted by Crippen LogP contribution is -2.42. The monoisotopic (exact) mass is 294 g/mol. The van der Waals surface area contributed by atoms with Crippen LogP contribution in [-0.2, 0) is 22.5 Å². The first-order valence-corrected chi connectivity index (χ1v) is 7.80. The molecule has 1 atom stereocenters. The van der Waals surface area contributed by atoms with Gasteiger partial charge in [-0.1, -0.05) is 6.42 Å². The lowest BCUT2D eigenvalue weighted by molar-refractivity contribution is -0.156. The van der Waals surface area contributed by atoms with Gasteiger partial charge in [0.15, 0.2) is 5.82 Å². The molecule has 116 valence electrons. The lowest BCUT2D eigenvalue weighted by atomic mass is 9.69. The average Bonchev–Trinajstić information content (AvgIpc) is 2.88. The first-order valence-electron chi connectivity index (χ1n) is 7.80. The molecule has 0 radical (unpaired) electrons. The number of hydrogen-bond donors (Lipinski definition) is 1. The van der Waals surface area contributed by atoms with Gasteiger partial charge in [0.25, 0.3) is 0 Å². The van der Waals surface area contributed by atoms with Gasteiger partial charge in [-0.2, -0.15) is 0 Å². The number of aromatic nitrogens is 4. The smallest absolute Gasteiger partial charge is 0.311 e. The zero-order valence-electron chi connectivity index (χ0n) is 12.2. The van der Waals surface area contributed by atoms with E-state index in [0.717, 1.165) is 44.5 Å². The molecule has 2 heterocycles. The Morgan fingerprint density at radius 2 is 2.24 bits per heavy atom. The largest absolute Gasteiger partial charge is 0.481 e. The van der Waals surface area contributed by atoms with Crippen molar-refractivity contribution in [2.24, 2.45) is 5.41 Å². The first kappa shape index (κ1) is 14.4. The molecule has 21 heavy (non-hydrogen) atoms. The molecule has 0 bridgehead atoms. The number of tetrazole rings is 1. The molecule has 2 fully saturated rings. The van der Waals surface area contributed by atoms with Gasteiger partial charge in [0.1, 0.15) is 0 Å². The third-order valence-corrected chi connectivity index (χ3v) is 4.79. The van der Waals surface area contributed by atoms with Crippen molar-refractivity contribution < 1.29 is 14.6 Å². The Balaban J connectivity index is 1.59. The zero-order chi connectivity index (χ0) is 14.7. The van der Waals surface area contributed by atoms with E-state index in [1.165, 1.54) is 6.42 Å². The summed E-state index contributed by atoms with van der Waals surface area (Å²) in [7, 11) is 0. The SMILES string of the molecule is O=C(O)C1(Cn2nnnc2CCC2CCCCO2)CCC1. The topological polar surface area (TPSA) is 90.1 Å². The molecule has 1 aromatic heterocycles. The van der Waals surface area contributed by atoms with Gasteiger partial charge < -0.3 is 9.84 Å². The summed E-state index contributed by atoms with van der Waals surface area (Å²) in [4.78, 5) is 11.4. The second-order valence-corrected chi connectivity index (χ2v) is 6.22. The fraction of sp³-hybridized carbons (Fsp3) is 0.857. The average molecular weight is 294 g/mol. The number of carboxylic acid groups (broad SMARTS) is 1. The summed E-state index contributed by atoms with van der Waals surface area (Å²) >= 11 is 0. The van der Waals surface area contributed by atoms with Crippen LogP contribution in [0, 0.1) is 5.41 Å². The van der Waals surface area contributed by atoms with Gasteiger partial charge in [-0.3, -0.25) is 4.79 Å². The number of carboxylic acids is 1. The quantitative estimate of drug-likeness (QED) is 0.853. The maximum atomic E-state index is 11.4. The maximum Gasteiger partial charge on any atom is 0.311 e. The van der Waals surface area contributed by atoms with E-state index in [1.807, 2.05) is 0 Å². The number of nitrogens with zero attached hydrogens (tertiary/aromatic N) is 4. The van der Waals surface area contributed by atoms with E-state index >= 15 is 0 Å². The second-order valence-electron chi connectivity index (χ2n) is 6.22. The fourth-order valence-corrected chi connectivity index (χ4v) is 3.18. The predicted octanol–water partition coefficient (Wildman–Crippen LogP) is 1.43. The molecule has 0 spiro atoms. The third-order valence-electron chi connectivity index (χ3n) is 4.79. The maximum absolute atomic E-state index is 11.4. The normalized spacial score (nSPS) is 24.5. The van der Waals surface area contributed by atoms with E-state index < -0.39 is 11.4 Å².